The topological polar surface area (TPSA) is 48.7 Å². The number of nitrogens with one attached hydrogen (secondary N) is 1. The lowest BCUT2D eigenvalue weighted by Crippen LogP contribution is -2.06. The molecular formula is C12H15N3. The number of hydrogen-bond donors (Lipinski definition) is 1. The summed E-state index contributed by atoms with van der Waals surface area (Å²) in [6.45, 7) is 8.25. The van der Waals surface area contributed by atoms with Gasteiger partial charge in [0.05, 0.1) is 5.56 Å². The second-order valence-electron chi connectivity index (χ2n) is 3.42. The second-order valence-corrected chi connectivity index (χ2v) is 3.42. The summed E-state index contributed by atoms with van der Waals surface area (Å²) in [5.74, 6) is 0.678. The fourth-order valence-corrected chi connectivity index (χ4v) is 1.40. The minimum Gasteiger partial charge on any atom is -0.369 e. The SMILES string of the molecule is C=CCCNc1nc(C)cc(C)c1C#N. The van der Waals surface area contributed by atoms with Crippen LogP contribution in [-0.2, 0) is 0 Å². The number of nitrogens with zero attached hydrogens (tertiary/aromatic N) is 2. The molecule has 0 bridgehead atoms. The predicted molar refractivity (Wildman–Crippen MR) is 61.7 cm³/mol. The smallest absolute Gasteiger partial charge is 0.144 e. The van der Waals surface area contributed by atoms with Crippen LogP contribution < -0.4 is 5.32 Å². The first-order valence-corrected chi connectivity index (χ1v) is 4.92. The number of pyridine rings is 1. The summed E-state index contributed by atoms with van der Waals surface area (Å²) in [5.41, 5.74) is 2.52. The Hall–Kier alpha value is -1.82. The van der Waals surface area contributed by atoms with Crippen LogP contribution in [-0.4, -0.2) is 11.5 Å². The van der Waals surface area contributed by atoms with Crippen molar-refractivity contribution in [2.45, 2.75) is 20.3 Å². The molecule has 0 saturated heterocycles. The zero-order chi connectivity index (χ0) is 11.3. The van der Waals surface area contributed by atoms with E-state index in [1.54, 1.807) is 0 Å². The van der Waals surface area contributed by atoms with Crippen LogP contribution in [0, 0.1) is 25.2 Å². The van der Waals surface area contributed by atoms with E-state index in [1.807, 2.05) is 26.0 Å². The Morgan fingerprint density at radius 1 is 1.60 bits per heavy atom. The van der Waals surface area contributed by atoms with Gasteiger partial charge in [-0.15, -0.1) is 6.58 Å². The molecule has 0 aliphatic rings. The Kier molecular flexibility index (Phi) is 3.87. The van der Waals surface area contributed by atoms with Crippen molar-refractivity contribution >= 4 is 5.82 Å². The predicted octanol–water partition coefficient (Wildman–Crippen LogP) is 2.56. The van der Waals surface area contributed by atoms with E-state index in [0.717, 1.165) is 24.2 Å². The summed E-state index contributed by atoms with van der Waals surface area (Å²) in [5, 5.41) is 12.1. The van der Waals surface area contributed by atoms with Gasteiger partial charge in [-0.05, 0) is 31.9 Å². The molecule has 0 radical (unpaired) electrons. The third-order valence-corrected chi connectivity index (χ3v) is 2.10. The molecule has 3 heteroatoms. The first-order valence-electron chi connectivity index (χ1n) is 4.92. The summed E-state index contributed by atoms with van der Waals surface area (Å²) < 4.78 is 0. The van der Waals surface area contributed by atoms with Gasteiger partial charge >= 0.3 is 0 Å². The summed E-state index contributed by atoms with van der Waals surface area (Å²) in [7, 11) is 0. The van der Waals surface area contributed by atoms with Gasteiger partial charge in [-0.2, -0.15) is 5.26 Å². The molecule has 0 spiro atoms. The lowest BCUT2D eigenvalue weighted by molar-refractivity contribution is 1.03. The maximum Gasteiger partial charge on any atom is 0.144 e. The van der Waals surface area contributed by atoms with E-state index >= 15 is 0 Å². The number of anilines is 1. The Balaban J connectivity index is 2.94. The van der Waals surface area contributed by atoms with E-state index in [4.69, 9.17) is 5.26 Å². The Labute approximate surface area is 90.5 Å². The summed E-state index contributed by atoms with van der Waals surface area (Å²) in [6.07, 6.45) is 2.70. The highest BCUT2D eigenvalue weighted by atomic mass is 15.0. The van der Waals surface area contributed by atoms with Crippen molar-refractivity contribution in [3.8, 4) is 6.07 Å². The van der Waals surface area contributed by atoms with Crippen LogP contribution in [0.2, 0.25) is 0 Å². The lowest BCUT2D eigenvalue weighted by atomic mass is 10.1. The van der Waals surface area contributed by atoms with Crippen LogP contribution in [0.25, 0.3) is 0 Å². The van der Waals surface area contributed by atoms with Crippen molar-refractivity contribution < 1.29 is 0 Å². The number of rotatable bonds is 4. The highest BCUT2D eigenvalue weighted by molar-refractivity contribution is 5.56. The third-order valence-electron chi connectivity index (χ3n) is 2.10. The number of hydrogen-bond acceptors (Lipinski definition) is 3. The van der Waals surface area contributed by atoms with Crippen molar-refractivity contribution in [1.82, 2.24) is 4.98 Å². The number of aryl methyl sites for hydroxylation is 2. The van der Waals surface area contributed by atoms with Gasteiger partial charge in [-0.1, -0.05) is 6.08 Å². The van der Waals surface area contributed by atoms with Crippen LogP contribution in [0.5, 0.6) is 0 Å². The molecule has 1 aromatic heterocycles. The van der Waals surface area contributed by atoms with Crippen LogP contribution in [0.1, 0.15) is 23.2 Å². The molecule has 1 aromatic rings. The molecule has 1 rings (SSSR count). The van der Waals surface area contributed by atoms with Crippen LogP contribution in [0.15, 0.2) is 18.7 Å². The van der Waals surface area contributed by atoms with Crippen LogP contribution in [0.4, 0.5) is 5.82 Å². The maximum atomic E-state index is 9.00. The highest BCUT2D eigenvalue weighted by Gasteiger charge is 2.06. The first kappa shape index (κ1) is 11.3. The van der Waals surface area contributed by atoms with Gasteiger partial charge in [0.2, 0.25) is 0 Å². The van der Waals surface area contributed by atoms with Crippen molar-refractivity contribution in [3.05, 3.63) is 35.5 Å². The highest BCUT2D eigenvalue weighted by Crippen LogP contribution is 2.17. The van der Waals surface area contributed by atoms with Crippen molar-refractivity contribution in [2.75, 3.05) is 11.9 Å². The van der Waals surface area contributed by atoms with Crippen molar-refractivity contribution in [3.63, 3.8) is 0 Å². The van der Waals surface area contributed by atoms with E-state index in [-0.39, 0.29) is 0 Å². The molecule has 0 saturated carbocycles. The van der Waals surface area contributed by atoms with Crippen LogP contribution >= 0.6 is 0 Å². The van der Waals surface area contributed by atoms with E-state index in [1.165, 1.54) is 0 Å². The average molecular weight is 201 g/mol. The van der Waals surface area contributed by atoms with E-state index in [0.29, 0.717) is 11.4 Å². The normalized spacial score (nSPS) is 9.40. The summed E-state index contributed by atoms with van der Waals surface area (Å²) in [6, 6.07) is 4.08. The fourth-order valence-electron chi connectivity index (χ4n) is 1.40. The Morgan fingerprint density at radius 2 is 2.33 bits per heavy atom. The molecule has 3 nitrogen and oxygen atoms in total. The fraction of sp³-hybridized carbons (Fsp3) is 0.333. The van der Waals surface area contributed by atoms with E-state index < -0.39 is 0 Å². The Morgan fingerprint density at radius 3 is 2.93 bits per heavy atom. The zero-order valence-corrected chi connectivity index (χ0v) is 9.17. The largest absolute Gasteiger partial charge is 0.369 e. The lowest BCUT2D eigenvalue weighted by Gasteiger charge is -2.09. The quantitative estimate of drug-likeness (QED) is 0.601. The van der Waals surface area contributed by atoms with Crippen molar-refractivity contribution in [2.24, 2.45) is 0 Å². The second kappa shape index (κ2) is 5.16. The first-order chi connectivity index (χ1) is 7.19. The van der Waals surface area contributed by atoms with Gasteiger partial charge in [0.15, 0.2) is 0 Å². The van der Waals surface area contributed by atoms with Gasteiger partial charge in [0.1, 0.15) is 11.9 Å². The van der Waals surface area contributed by atoms with Crippen LogP contribution in [0.3, 0.4) is 0 Å². The van der Waals surface area contributed by atoms with E-state index in [2.05, 4.69) is 22.9 Å². The molecule has 0 aliphatic carbocycles. The molecule has 0 atom stereocenters. The standard InChI is InChI=1S/C12H15N3/c1-4-5-6-14-12-11(8-13)9(2)7-10(3)15-12/h4,7H,1,5-6H2,2-3H3,(H,14,15). The van der Waals surface area contributed by atoms with Gasteiger partial charge in [-0.25, -0.2) is 4.98 Å². The van der Waals surface area contributed by atoms with Crippen molar-refractivity contribution in [1.29, 1.82) is 5.26 Å². The molecular weight excluding hydrogens is 186 g/mol. The minimum atomic E-state index is 0.629. The molecule has 0 unspecified atom stereocenters. The molecule has 15 heavy (non-hydrogen) atoms. The molecule has 1 N–H and O–H groups in total. The summed E-state index contributed by atoms with van der Waals surface area (Å²) >= 11 is 0. The van der Waals surface area contributed by atoms with Gasteiger partial charge in [0.25, 0.3) is 0 Å². The average Bonchev–Trinajstić information content (AvgIpc) is 2.17. The summed E-state index contributed by atoms with van der Waals surface area (Å²) in [4.78, 5) is 4.31. The minimum absolute atomic E-state index is 0.629. The van der Waals surface area contributed by atoms with Gasteiger partial charge < -0.3 is 5.32 Å². The molecule has 0 fully saturated rings. The van der Waals surface area contributed by atoms with E-state index in [9.17, 15) is 0 Å². The Bertz CT molecular complexity index is 402. The molecule has 0 aromatic carbocycles. The maximum absolute atomic E-state index is 9.00. The number of nitriles is 1. The third kappa shape index (κ3) is 2.81. The van der Waals surface area contributed by atoms with Gasteiger partial charge in [0, 0.05) is 12.2 Å². The van der Waals surface area contributed by atoms with Gasteiger partial charge in [-0.3, -0.25) is 0 Å². The molecule has 0 aliphatic heterocycles. The zero-order valence-electron chi connectivity index (χ0n) is 9.17. The molecule has 1 heterocycles. The monoisotopic (exact) mass is 201 g/mol. The number of aromatic nitrogens is 1. The molecule has 78 valence electrons. The molecule has 0 amide bonds.